The Hall–Kier alpha value is -2.20. The second-order valence-electron chi connectivity index (χ2n) is 6.17. The topological polar surface area (TPSA) is 29.9 Å². The van der Waals surface area contributed by atoms with Crippen LogP contribution in [0.2, 0.25) is 0 Å². The third kappa shape index (κ3) is 2.53. The van der Waals surface area contributed by atoms with Crippen molar-refractivity contribution in [1.82, 2.24) is 14.9 Å². The van der Waals surface area contributed by atoms with Gasteiger partial charge in [0.2, 0.25) is 0 Å². The number of aryl methyl sites for hydroxylation is 2. The summed E-state index contributed by atoms with van der Waals surface area (Å²) in [6.45, 7) is 4.00. The van der Waals surface area contributed by atoms with Crippen molar-refractivity contribution in [1.29, 1.82) is 0 Å². The molecule has 0 bridgehead atoms. The summed E-state index contributed by atoms with van der Waals surface area (Å²) in [5, 5.41) is 4.53. The van der Waals surface area contributed by atoms with Crippen LogP contribution in [-0.2, 0) is 19.4 Å². The molecule has 0 amide bonds. The summed E-state index contributed by atoms with van der Waals surface area (Å²) in [5.41, 5.74) is 4.81. The predicted molar refractivity (Wildman–Crippen MR) is 90.0 cm³/mol. The van der Waals surface area contributed by atoms with Crippen LogP contribution in [0.15, 0.2) is 42.6 Å². The molecule has 0 saturated heterocycles. The number of benzene rings is 1. The quantitative estimate of drug-likeness (QED) is 0.801. The van der Waals surface area contributed by atoms with Gasteiger partial charge >= 0.3 is 0 Å². The first kappa shape index (κ1) is 14.4. The maximum atomic E-state index is 13.8. The number of nitrogens with one attached hydrogen (secondary N) is 1. The molecule has 4 heteroatoms. The smallest absolute Gasteiger partial charge is 0.123 e. The van der Waals surface area contributed by atoms with E-state index < -0.39 is 0 Å². The molecule has 0 fully saturated rings. The summed E-state index contributed by atoms with van der Waals surface area (Å²) >= 11 is 0. The van der Waals surface area contributed by atoms with E-state index in [1.165, 1.54) is 11.3 Å². The first-order valence-electron chi connectivity index (χ1n) is 8.18. The molecule has 1 atom stereocenters. The van der Waals surface area contributed by atoms with E-state index in [9.17, 15) is 4.39 Å². The van der Waals surface area contributed by atoms with Crippen molar-refractivity contribution in [3.8, 4) is 0 Å². The molecule has 3 nitrogen and oxygen atoms in total. The Morgan fingerprint density at radius 1 is 1.30 bits per heavy atom. The summed E-state index contributed by atoms with van der Waals surface area (Å²) < 4.78 is 16.1. The Morgan fingerprint density at radius 2 is 2.22 bits per heavy atom. The molecule has 0 spiro atoms. The summed E-state index contributed by atoms with van der Waals surface area (Å²) in [5.74, 6) is -0.167. The predicted octanol–water partition coefficient (Wildman–Crippen LogP) is 3.62. The summed E-state index contributed by atoms with van der Waals surface area (Å²) in [4.78, 5) is 4.41. The van der Waals surface area contributed by atoms with E-state index in [1.807, 2.05) is 24.4 Å². The van der Waals surface area contributed by atoms with Crippen molar-refractivity contribution in [2.45, 2.75) is 32.4 Å². The molecule has 3 aromatic rings. The van der Waals surface area contributed by atoms with Gasteiger partial charge in [-0.3, -0.25) is 4.98 Å². The van der Waals surface area contributed by atoms with Gasteiger partial charge in [0.15, 0.2) is 0 Å². The van der Waals surface area contributed by atoms with Crippen molar-refractivity contribution in [2.75, 3.05) is 6.54 Å². The summed E-state index contributed by atoms with van der Waals surface area (Å²) in [6.07, 6.45) is 3.70. The van der Waals surface area contributed by atoms with Crippen molar-refractivity contribution in [3.63, 3.8) is 0 Å². The zero-order valence-corrected chi connectivity index (χ0v) is 13.2. The molecular formula is C19H20FN3. The molecule has 1 N–H and O–H groups in total. The standard InChI is InChI=1S/C19H20FN3/c1-13-19-16-12-14(20)5-6-17(16)23(18(19)7-10-21-13)11-8-15-4-2-3-9-22-15/h2-6,9,12-13,21H,7-8,10-11H2,1H3. The second kappa shape index (κ2) is 5.78. The van der Waals surface area contributed by atoms with E-state index in [1.54, 1.807) is 12.1 Å². The molecule has 1 aromatic carbocycles. The van der Waals surface area contributed by atoms with E-state index in [4.69, 9.17) is 0 Å². The van der Waals surface area contributed by atoms with E-state index in [-0.39, 0.29) is 11.9 Å². The fourth-order valence-corrected chi connectivity index (χ4v) is 3.70. The molecule has 0 saturated carbocycles. The molecule has 3 heterocycles. The van der Waals surface area contributed by atoms with E-state index in [0.717, 1.165) is 42.5 Å². The molecule has 118 valence electrons. The van der Waals surface area contributed by atoms with Crippen LogP contribution in [0.3, 0.4) is 0 Å². The normalized spacial score (nSPS) is 17.4. The highest BCUT2D eigenvalue weighted by Crippen LogP contribution is 2.34. The number of nitrogens with zero attached hydrogens (tertiary/aromatic N) is 2. The van der Waals surface area contributed by atoms with Crippen LogP contribution in [0.4, 0.5) is 4.39 Å². The van der Waals surface area contributed by atoms with Crippen LogP contribution in [0.1, 0.15) is 29.9 Å². The Morgan fingerprint density at radius 3 is 3.04 bits per heavy atom. The third-order valence-electron chi connectivity index (χ3n) is 4.74. The molecule has 0 aliphatic carbocycles. The lowest BCUT2D eigenvalue weighted by Crippen LogP contribution is -2.28. The first-order valence-corrected chi connectivity index (χ1v) is 8.18. The van der Waals surface area contributed by atoms with E-state index in [0.29, 0.717) is 0 Å². The molecule has 1 aliphatic rings. The third-order valence-corrected chi connectivity index (χ3v) is 4.74. The number of rotatable bonds is 3. The van der Waals surface area contributed by atoms with Crippen LogP contribution in [0, 0.1) is 5.82 Å². The summed E-state index contributed by atoms with van der Waals surface area (Å²) in [7, 11) is 0. The lowest BCUT2D eigenvalue weighted by Gasteiger charge is -2.23. The number of fused-ring (bicyclic) bond motifs is 3. The average molecular weight is 309 g/mol. The zero-order valence-electron chi connectivity index (χ0n) is 13.2. The monoisotopic (exact) mass is 309 g/mol. The van der Waals surface area contributed by atoms with Crippen LogP contribution >= 0.6 is 0 Å². The fourth-order valence-electron chi connectivity index (χ4n) is 3.70. The van der Waals surface area contributed by atoms with Gasteiger partial charge in [-0.1, -0.05) is 6.07 Å². The minimum absolute atomic E-state index is 0.167. The van der Waals surface area contributed by atoms with Gasteiger partial charge in [0.25, 0.3) is 0 Å². The molecular weight excluding hydrogens is 289 g/mol. The largest absolute Gasteiger partial charge is 0.344 e. The van der Waals surface area contributed by atoms with Gasteiger partial charge in [-0.2, -0.15) is 0 Å². The summed E-state index contributed by atoms with van der Waals surface area (Å²) in [6, 6.07) is 11.4. The SMILES string of the molecule is CC1NCCc2c1c1cc(F)ccc1n2CCc1ccccn1. The molecule has 23 heavy (non-hydrogen) atoms. The highest BCUT2D eigenvalue weighted by atomic mass is 19.1. The second-order valence-corrected chi connectivity index (χ2v) is 6.17. The van der Waals surface area contributed by atoms with E-state index in [2.05, 4.69) is 27.9 Å². The Bertz CT molecular complexity index is 839. The van der Waals surface area contributed by atoms with Crippen LogP contribution < -0.4 is 5.32 Å². The highest BCUT2D eigenvalue weighted by molar-refractivity contribution is 5.86. The minimum Gasteiger partial charge on any atom is -0.344 e. The Balaban J connectivity index is 1.79. The number of pyridine rings is 1. The number of hydrogen-bond donors (Lipinski definition) is 1. The van der Waals surface area contributed by atoms with Crippen molar-refractivity contribution >= 4 is 10.9 Å². The number of halogens is 1. The van der Waals surface area contributed by atoms with Gasteiger partial charge in [-0.05, 0) is 42.8 Å². The fraction of sp³-hybridized carbons (Fsp3) is 0.316. The van der Waals surface area contributed by atoms with Gasteiger partial charge in [0, 0.05) is 60.5 Å². The van der Waals surface area contributed by atoms with Crippen LogP contribution in [0.5, 0.6) is 0 Å². The van der Waals surface area contributed by atoms with Crippen molar-refractivity contribution in [3.05, 3.63) is 65.4 Å². The number of aromatic nitrogens is 2. The first-order chi connectivity index (χ1) is 11.2. The molecule has 1 unspecified atom stereocenters. The van der Waals surface area contributed by atoms with Crippen LogP contribution in [0.25, 0.3) is 10.9 Å². The van der Waals surface area contributed by atoms with Gasteiger partial charge in [0.1, 0.15) is 5.82 Å². The van der Waals surface area contributed by atoms with Gasteiger partial charge in [-0.25, -0.2) is 4.39 Å². The molecule has 0 radical (unpaired) electrons. The van der Waals surface area contributed by atoms with Gasteiger partial charge in [-0.15, -0.1) is 0 Å². The maximum Gasteiger partial charge on any atom is 0.123 e. The maximum absolute atomic E-state index is 13.8. The lowest BCUT2D eigenvalue weighted by atomic mass is 9.99. The molecule has 4 rings (SSSR count). The van der Waals surface area contributed by atoms with Crippen molar-refractivity contribution in [2.24, 2.45) is 0 Å². The van der Waals surface area contributed by atoms with Gasteiger partial charge in [0.05, 0.1) is 0 Å². The van der Waals surface area contributed by atoms with Crippen molar-refractivity contribution < 1.29 is 4.39 Å². The van der Waals surface area contributed by atoms with E-state index >= 15 is 0 Å². The lowest BCUT2D eigenvalue weighted by molar-refractivity contribution is 0.521. The highest BCUT2D eigenvalue weighted by Gasteiger charge is 2.24. The molecule has 2 aromatic heterocycles. The van der Waals surface area contributed by atoms with Crippen LogP contribution in [-0.4, -0.2) is 16.1 Å². The number of hydrogen-bond acceptors (Lipinski definition) is 2. The Kier molecular flexibility index (Phi) is 3.62. The average Bonchev–Trinajstić information content (AvgIpc) is 2.88. The Labute approximate surface area is 135 Å². The minimum atomic E-state index is -0.167. The van der Waals surface area contributed by atoms with Gasteiger partial charge < -0.3 is 9.88 Å². The molecule has 1 aliphatic heterocycles. The zero-order chi connectivity index (χ0) is 15.8.